The minimum atomic E-state index is -4.19. The third-order valence-corrected chi connectivity index (χ3v) is 4.98. The minimum absolute atomic E-state index is 0.0259. The van der Waals surface area contributed by atoms with Crippen molar-refractivity contribution in [1.82, 2.24) is 14.5 Å². The van der Waals surface area contributed by atoms with Crippen LogP contribution >= 0.6 is 0 Å². The summed E-state index contributed by atoms with van der Waals surface area (Å²) in [7, 11) is -2.12. The van der Waals surface area contributed by atoms with E-state index in [0.717, 1.165) is 0 Å². The van der Waals surface area contributed by atoms with Gasteiger partial charge in [0.05, 0.1) is 12.1 Å². The van der Waals surface area contributed by atoms with E-state index in [4.69, 9.17) is 0 Å². The van der Waals surface area contributed by atoms with Gasteiger partial charge in [0.1, 0.15) is 4.90 Å². The molecule has 0 saturated heterocycles. The number of sulfonamides is 1. The fourth-order valence-corrected chi connectivity index (χ4v) is 3.65. The normalized spacial score (nSPS) is 24.8. The third-order valence-electron chi connectivity index (χ3n) is 3.50. The average molecular weight is 311 g/mol. The molecule has 0 atom stereocenters. The molecule has 20 heavy (non-hydrogen) atoms. The predicted octanol–water partition coefficient (Wildman–Crippen LogP) is 1.82. The zero-order valence-electron chi connectivity index (χ0n) is 10.9. The molecule has 1 aliphatic carbocycles. The molecule has 1 aromatic heterocycles. The number of nitrogens with zero attached hydrogens (tertiary/aromatic N) is 2. The molecule has 1 fully saturated rings. The number of aryl methyl sites for hydroxylation is 1. The van der Waals surface area contributed by atoms with Crippen molar-refractivity contribution in [3.05, 3.63) is 12.4 Å². The van der Waals surface area contributed by atoms with Gasteiger partial charge in [-0.3, -0.25) is 4.68 Å². The number of halogens is 3. The summed E-state index contributed by atoms with van der Waals surface area (Å²) in [6.07, 6.45) is -1.30. The zero-order chi connectivity index (χ0) is 15.0. The van der Waals surface area contributed by atoms with Crippen LogP contribution < -0.4 is 4.72 Å². The van der Waals surface area contributed by atoms with Crippen LogP contribution in [0.4, 0.5) is 13.2 Å². The number of hydrogen-bond acceptors (Lipinski definition) is 3. The van der Waals surface area contributed by atoms with Gasteiger partial charge in [-0.2, -0.15) is 18.3 Å². The number of aromatic nitrogens is 2. The van der Waals surface area contributed by atoms with E-state index in [1.54, 1.807) is 7.05 Å². The van der Waals surface area contributed by atoms with Crippen LogP contribution in [-0.2, 0) is 17.1 Å². The van der Waals surface area contributed by atoms with E-state index in [0.29, 0.717) is 0 Å². The predicted molar refractivity (Wildman–Crippen MR) is 65.3 cm³/mol. The molecule has 9 heteroatoms. The molecule has 1 aromatic rings. The molecular weight excluding hydrogens is 295 g/mol. The molecule has 0 spiro atoms. The van der Waals surface area contributed by atoms with E-state index in [9.17, 15) is 21.6 Å². The van der Waals surface area contributed by atoms with Gasteiger partial charge in [0.25, 0.3) is 0 Å². The van der Waals surface area contributed by atoms with Crippen LogP contribution in [0.3, 0.4) is 0 Å². The van der Waals surface area contributed by atoms with Crippen LogP contribution in [0.5, 0.6) is 0 Å². The lowest BCUT2D eigenvalue weighted by atomic mass is 9.86. The van der Waals surface area contributed by atoms with Crippen molar-refractivity contribution < 1.29 is 21.6 Å². The molecule has 0 aromatic carbocycles. The first kappa shape index (κ1) is 15.3. The van der Waals surface area contributed by atoms with Crippen molar-refractivity contribution in [2.24, 2.45) is 13.0 Å². The second-order valence-corrected chi connectivity index (χ2v) is 6.78. The van der Waals surface area contributed by atoms with Gasteiger partial charge in [0.15, 0.2) is 0 Å². The van der Waals surface area contributed by atoms with Crippen molar-refractivity contribution in [2.45, 2.75) is 42.8 Å². The Balaban J connectivity index is 1.96. The Morgan fingerprint density at radius 3 is 2.35 bits per heavy atom. The molecule has 2 rings (SSSR count). The molecule has 1 heterocycles. The van der Waals surface area contributed by atoms with Gasteiger partial charge in [-0.15, -0.1) is 0 Å². The molecule has 5 nitrogen and oxygen atoms in total. The lowest BCUT2D eigenvalue weighted by molar-refractivity contribution is -0.182. The van der Waals surface area contributed by atoms with Crippen LogP contribution in [0.1, 0.15) is 25.7 Å². The van der Waals surface area contributed by atoms with Crippen molar-refractivity contribution in [3.63, 3.8) is 0 Å². The van der Waals surface area contributed by atoms with Crippen molar-refractivity contribution in [3.8, 4) is 0 Å². The largest absolute Gasteiger partial charge is 0.391 e. The maximum Gasteiger partial charge on any atom is 0.391 e. The molecule has 0 radical (unpaired) electrons. The first-order valence-electron chi connectivity index (χ1n) is 6.26. The smallest absolute Gasteiger partial charge is 0.274 e. The molecule has 1 saturated carbocycles. The minimum Gasteiger partial charge on any atom is -0.274 e. The second-order valence-electron chi connectivity index (χ2n) is 5.06. The van der Waals surface area contributed by atoms with Crippen molar-refractivity contribution in [2.75, 3.05) is 0 Å². The van der Waals surface area contributed by atoms with Crippen LogP contribution in [0.2, 0.25) is 0 Å². The maximum absolute atomic E-state index is 12.5. The van der Waals surface area contributed by atoms with Gasteiger partial charge in [0, 0.05) is 19.3 Å². The topological polar surface area (TPSA) is 64.0 Å². The van der Waals surface area contributed by atoms with Crippen LogP contribution in [0.15, 0.2) is 17.3 Å². The Bertz CT molecular complexity index is 560. The Morgan fingerprint density at radius 2 is 1.90 bits per heavy atom. The van der Waals surface area contributed by atoms with Gasteiger partial charge in [-0.1, -0.05) is 0 Å². The summed E-state index contributed by atoms with van der Waals surface area (Å²) >= 11 is 0. The molecular formula is C11H16F3N3O2S. The molecule has 0 amide bonds. The number of hydrogen-bond donors (Lipinski definition) is 1. The highest BCUT2D eigenvalue weighted by Gasteiger charge is 2.41. The van der Waals surface area contributed by atoms with E-state index in [-0.39, 0.29) is 30.6 Å². The summed E-state index contributed by atoms with van der Waals surface area (Å²) in [6, 6.07) is -0.446. The highest BCUT2D eigenvalue weighted by Crippen LogP contribution is 2.37. The van der Waals surface area contributed by atoms with Crippen LogP contribution in [0.25, 0.3) is 0 Å². The lowest BCUT2D eigenvalue weighted by Crippen LogP contribution is -2.39. The van der Waals surface area contributed by atoms with E-state index >= 15 is 0 Å². The maximum atomic E-state index is 12.5. The number of alkyl halides is 3. The van der Waals surface area contributed by atoms with Gasteiger partial charge in [-0.25, -0.2) is 13.1 Å². The van der Waals surface area contributed by atoms with E-state index in [1.807, 2.05) is 0 Å². The monoisotopic (exact) mass is 311 g/mol. The zero-order valence-corrected chi connectivity index (χ0v) is 11.7. The molecule has 0 bridgehead atoms. The van der Waals surface area contributed by atoms with Crippen molar-refractivity contribution in [1.29, 1.82) is 0 Å². The first-order chi connectivity index (χ1) is 9.18. The lowest BCUT2D eigenvalue weighted by Gasteiger charge is -2.29. The molecule has 1 aliphatic rings. The number of rotatable bonds is 3. The molecule has 0 aliphatic heterocycles. The fourth-order valence-electron chi connectivity index (χ4n) is 2.36. The van der Waals surface area contributed by atoms with Gasteiger partial charge >= 0.3 is 6.18 Å². The molecule has 0 unspecified atom stereocenters. The van der Waals surface area contributed by atoms with E-state index in [2.05, 4.69) is 9.82 Å². The highest BCUT2D eigenvalue weighted by molar-refractivity contribution is 7.89. The highest BCUT2D eigenvalue weighted by atomic mass is 32.2. The summed E-state index contributed by atoms with van der Waals surface area (Å²) in [4.78, 5) is 0.0259. The van der Waals surface area contributed by atoms with Crippen molar-refractivity contribution >= 4 is 10.0 Å². The Labute approximate surface area is 115 Å². The summed E-state index contributed by atoms with van der Waals surface area (Å²) in [5.41, 5.74) is 0. The quantitative estimate of drug-likeness (QED) is 0.926. The summed E-state index contributed by atoms with van der Waals surface area (Å²) in [6.45, 7) is 0. The van der Waals surface area contributed by atoms with Crippen LogP contribution in [-0.4, -0.2) is 30.4 Å². The first-order valence-corrected chi connectivity index (χ1v) is 7.74. The average Bonchev–Trinajstić information content (AvgIpc) is 2.76. The summed E-state index contributed by atoms with van der Waals surface area (Å²) in [5.74, 6) is -1.32. The third kappa shape index (κ3) is 3.51. The van der Waals surface area contributed by atoms with E-state index in [1.165, 1.54) is 17.1 Å². The van der Waals surface area contributed by atoms with Gasteiger partial charge in [0.2, 0.25) is 10.0 Å². The summed E-state index contributed by atoms with van der Waals surface area (Å²) in [5, 5.41) is 3.77. The summed E-state index contributed by atoms with van der Waals surface area (Å²) < 4.78 is 65.4. The van der Waals surface area contributed by atoms with E-state index < -0.39 is 28.2 Å². The Kier molecular flexibility index (Phi) is 4.10. The second kappa shape index (κ2) is 5.36. The molecule has 1 N–H and O–H groups in total. The standard InChI is InChI=1S/C11H16F3N3O2S/c1-17-7-10(6-15-17)20(18,19)16-9-4-2-8(3-5-9)11(12,13)14/h6-9,16H,2-5H2,1H3. The van der Waals surface area contributed by atoms with Gasteiger partial charge < -0.3 is 0 Å². The van der Waals surface area contributed by atoms with Gasteiger partial charge in [-0.05, 0) is 25.7 Å². The fraction of sp³-hybridized carbons (Fsp3) is 0.727. The SMILES string of the molecule is Cn1cc(S(=O)(=O)NC2CCC(C(F)(F)F)CC2)cn1. The Hall–Kier alpha value is -1.09. The molecule has 114 valence electrons. The van der Waals surface area contributed by atoms with Crippen LogP contribution in [0, 0.1) is 5.92 Å². The number of nitrogens with one attached hydrogen (secondary N) is 1. The Morgan fingerprint density at radius 1 is 1.30 bits per heavy atom.